The standard InChI is InChI=1S/C22H22FN3O7S/c1-12-15-9-17(23)19(33-22(29)26(2)3)10-18(15)32-21(28)16(12)8-13-5-4-6-14(7-13)34(30,31)25-11-20(24)27/h4-7,9-10,25H,8,11H2,1-3H3,(H2,24,27). The maximum absolute atomic E-state index is 14.6. The van der Waals surface area contributed by atoms with E-state index in [1.165, 1.54) is 32.3 Å². The van der Waals surface area contributed by atoms with E-state index < -0.39 is 40.0 Å². The van der Waals surface area contributed by atoms with Gasteiger partial charge >= 0.3 is 11.7 Å². The van der Waals surface area contributed by atoms with Crippen molar-refractivity contribution in [1.29, 1.82) is 0 Å². The first kappa shape index (κ1) is 24.9. The van der Waals surface area contributed by atoms with Crippen molar-refractivity contribution >= 4 is 33.0 Å². The lowest BCUT2D eigenvalue weighted by molar-refractivity contribution is -0.116. The fourth-order valence-electron chi connectivity index (χ4n) is 3.13. The number of rotatable bonds is 7. The predicted molar refractivity (Wildman–Crippen MR) is 121 cm³/mol. The number of primary amides is 1. The Kier molecular flexibility index (Phi) is 7.03. The van der Waals surface area contributed by atoms with E-state index in [1.54, 1.807) is 13.0 Å². The Hall–Kier alpha value is -3.77. The molecular formula is C22H22FN3O7S. The number of carbonyl (C=O) groups excluding carboxylic acids is 2. The molecular weight excluding hydrogens is 469 g/mol. The number of ether oxygens (including phenoxy) is 1. The van der Waals surface area contributed by atoms with Gasteiger partial charge in [-0.2, -0.15) is 0 Å². The van der Waals surface area contributed by atoms with Crippen LogP contribution in [0.15, 0.2) is 50.5 Å². The van der Waals surface area contributed by atoms with E-state index in [1.807, 2.05) is 0 Å². The first-order chi connectivity index (χ1) is 15.9. The van der Waals surface area contributed by atoms with Crippen LogP contribution in [0.3, 0.4) is 0 Å². The van der Waals surface area contributed by atoms with E-state index in [0.717, 1.165) is 17.0 Å². The summed E-state index contributed by atoms with van der Waals surface area (Å²) in [5.41, 5.74) is 5.39. The van der Waals surface area contributed by atoms with Crippen LogP contribution in [-0.4, -0.2) is 46.0 Å². The number of nitrogens with zero attached hydrogens (tertiary/aromatic N) is 1. The van der Waals surface area contributed by atoms with Gasteiger partial charge in [0, 0.05) is 37.5 Å². The molecule has 10 nitrogen and oxygen atoms in total. The number of carbonyl (C=O) groups is 2. The number of aryl methyl sites for hydroxylation is 1. The molecule has 3 aromatic rings. The smallest absolute Gasteiger partial charge is 0.414 e. The van der Waals surface area contributed by atoms with Crippen molar-refractivity contribution < 1.29 is 31.6 Å². The number of nitrogens with one attached hydrogen (secondary N) is 1. The van der Waals surface area contributed by atoms with Crippen LogP contribution in [0.4, 0.5) is 9.18 Å². The first-order valence-electron chi connectivity index (χ1n) is 9.91. The molecule has 0 aliphatic carbocycles. The number of halogens is 1. The summed E-state index contributed by atoms with van der Waals surface area (Å²) in [5.74, 6) is -2.04. The highest BCUT2D eigenvalue weighted by Gasteiger charge is 2.19. The Bertz CT molecular complexity index is 1450. The average molecular weight is 491 g/mol. The average Bonchev–Trinajstić information content (AvgIpc) is 2.76. The highest BCUT2D eigenvalue weighted by atomic mass is 32.2. The van der Waals surface area contributed by atoms with Gasteiger partial charge in [0.2, 0.25) is 15.9 Å². The Balaban J connectivity index is 1.98. The van der Waals surface area contributed by atoms with Gasteiger partial charge in [-0.15, -0.1) is 0 Å². The van der Waals surface area contributed by atoms with Crippen LogP contribution >= 0.6 is 0 Å². The SMILES string of the molecule is Cc1c(Cc2cccc(S(=O)(=O)NCC(N)=O)c2)c(=O)oc2cc(OC(=O)N(C)C)c(F)cc12. The highest BCUT2D eigenvalue weighted by Crippen LogP contribution is 2.28. The molecule has 0 bridgehead atoms. The summed E-state index contributed by atoms with van der Waals surface area (Å²) in [5, 5.41) is 0.295. The quantitative estimate of drug-likeness (QED) is 0.477. The Labute approximate surface area is 194 Å². The molecule has 180 valence electrons. The van der Waals surface area contributed by atoms with Gasteiger partial charge in [0.05, 0.1) is 11.4 Å². The lowest BCUT2D eigenvalue weighted by Gasteiger charge is -2.13. The molecule has 0 radical (unpaired) electrons. The Morgan fingerprint density at radius 2 is 1.91 bits per heavy atom. The normalized spacial score (nSPS) is 11.4. The second-order valence-corrected chi connectivity index (χ2v) is 9.42. The molecule has 3 N–H and O–H groups in total. The second-order valence-electron chi connectivity index (χ2n) is 7.65. The van der Waals surface area contributed by atoms with Gasteiger partial charge in [-0.1, -0.05) is 12.1 Å². The molecule has 0 spiro atoms. The van der Waals surface area contributed by atoms with Gasteiger partial charge in [-0.05, 0) is 36.2 Å². The van der Waals surface area contributed by atoms with Crippen LogP contribution in [0.25, 0.3) is 11.0 Å². The number of sulfonamides is 1. The van der Waals surface area contributed by atoms with Crippen molar-refractivity contribution in [2.75, 3.05) is 20.6 Å². The first-order valence-corrected chi connectivity index (χ1v) is 11.4. The zero-order valence-electron chi connectivity index (χ0n) is 18.5. The molecule has 0 unspecified atom stereocenters. The van der Waals surface area contributed by atoms with E-state index in [2.05, 4.69) is 4.72 Å². The van der Waals surface area contributed by atoms with E-state index in [0.29, 0.717) is 16.5 Å². The van der Waals surface area contributed by atoms with Gasteiger partial charge in [-0.3, -0.25) is 4.79 Å². The molecule has 0 atom stereocenters. The number of amides is 2. The van der Waals surface area contributed by atoms with Crippen LogP contribution in [0.2, 0.25) is 0 Å². The largest absolute Gasteiger partial charge is 0.422 e. The number of benzene rings is 2. The zero-order chi connectivity index (χ0) is 25.2. The lowest BCUT2D eigenvalue weighted by Crippen LogP contribution is -2.33. The Morgan fingerprint density at radius 1 is 1.21 bits per heavy atom. The molecule has 0 aliphatic heterocycles. The summed E-state index contributed by atoms with van der Waals surface area (Å²) >= 11 is 0. The summed E-state index contributed by atoms with van der Waals surface area (Å²) in [6.45, 7) is 1.05. The maximum atomic E-state index is 14.6. The highest BCUT2D eigenvalue weighted by molar-refractivity contribution is 7.89. The van der Waals surface area contributed by atoms with Crippen molar-refractivity contribution in [3.8, 4) is 5.75 Å². The van der Waals surface area contributed by atoms with Crippen molar-refractivity contribution in [2.24, 2.45) is 5.73 Å². The fourth-order valence-corrected chi connectivity index (χ4v) is 4.20. The zero-order valence-corrected chi connectivity index (χ0v) is 19.4. The van der Waals surface area contributed by atoms with E-state index in [-0.39, 0.29) is 28.2 Å². The predicted octanol–water partition coefficient (Wildman–Crippen LogP) is 1.66. The molecule has 3 rings (SSSR count). The minimum absolute atomic E-state index is 0.00225. The third kappa shape index (κ3) is 5.41. The summed E-state index contributed by atoms with van der Waals surface area (Å²) in [6.07, 6.45) is -0.795. The number of nitrogens with two attached hydrogens (primary N) is 1. The van der Waals surface area contributed by atoms with Gasteiger partial charge in [0.1, 0.15) is 5.58 Å². The lowest BCUT2D eigenvalue weighted by atomic mass is 9.99. The van der Waals surface area contributed by atoms with Gasteiger partial charge < -0.3 is 19.8 Å². The van der Waals surface area contributed by atoms with Crippen LogP contribution in [0.1, 0.15) is 16.7 Å². The summed E-state index contributed by atoms with van der Waals surface area (Å²) < 4.78 is 51.7. The number of fused-ring (bicyclic) bond motifs is 1. The topological polar surface area (TPSA) is 149 Å². The Morgan fingerprint density at radius 3 is 2.56 bits per heavy atom. The van der Waals surface area contributed by atoms with Crippen molar-refractivity contribution in [3.05, 3.63) is 69.3 Å². The van der Waals surface area contributed by atoms with Gasteiger partial charge in [0.25, 0.3) is 0 Å². The molecule has 0 aliphatic rings. The molecule has 1 aromatic heterocycles. The summed E-state index contributed by atoms with van der Waals surface area (Å²) in [7, 11) is -1.13. The van der Waals surface area contributed by atoms with Gasteiger partial charge in [0.15, 0.2) is 11.6 Å². The maximum Gasteiger partial charge on any atom is 0.414 e. The van der Waals surface area contributed by atoms with Gasteiger partial charge in [-0.25, -0.2) is 27.1 Å². The third-order valence-corrected chi connectivity index (χ3v) is 6.33. The molecule has 1 heterocycles. The number of hydrogen-bond donors (Lipinski definition) is 2. The van der Waals surface area contributed by atoms with Crippen LogP contribution in [-0.2, 0) is 21.2 Å². The monoisotopic (exact) mass is 491 g/mol. The van der Waals surface area contributed by atoms with Crippen LogP contribution in [0.5, 0.6) is 5.75 Å². The molecule has 0 saturated carbocycles. The molecule has 0 saturated heterocycles. The third-order valence-electron chi connectivity index (χ3n) is 4.93. The number of hydrogen-bond acceptors (Lipinski definition) is 7. The summed E-state index contributed by atoms with van der Waals surface area (Å²) in [4.78, 5) is 36.3. The summed E-state index contributed by atoms with van der Waals surface area (Å²) in [6, 6.07) is 7.99. The molecule has 0 fully saturated rings. The molecule has 2 aromatic carbocycles. The van der Waals surface area contributed by atoms with Crippen molar-refractivity contribution in [1.82, 2.24) is 9.62 Å². The minimum atomic E-state index is -4.00. The molecule has 34 heavy (non-hydrogen) atoms. The fraction of sp³-hybridized carbons (Fsp3) is 0.227. The molecule has 12 heteroatoms. The van der Waals surface area contributed by atoms with Crippen molar-refractivity contribution in [3.63, 3.8) is 0 Å². The second kappa shape index (κ2) is 9.61. The van der Waals surface area contributed by atoms with Crippen LogP contribution in [0, 0.1) is 12.7 Å². The van der Waals surface area contributed by atoms with E-state index >= 15 is 0 Å². The minimum Gasteiger partial charge on any atom is -0.422 e. The van der Waals surface area contributed by atoms with E-state index in [9.17, 15) is 27.2 Å². The van der Waals surface area contributed by atoms with Crippen molar-refractivity contribution in [2.45, 2.75) is 18.2 Å². The van der Waals surface area contributed by atoms with E-state index in [4.69, 9.17) is 14.9 Å². The molecule has 2 amide bonds. The van der Waals surface area contributed by atoms with Crippen LogP contribution < -0.4 is 20.8 Å².